The highest BCUT2D eigenvalue weighted by Crippen LogP contribution is 2.09. The van der Waals surface area contributed by atoms with E-state index in [-0.39, 0.29) is 6.54 Å². The highest BCUT2D eigenvalue weighted by atomic mass is 32.2. The Bertz CT molecular complexity index is 282. The van der Waals surface area contributed by atoms with E-state index in [4.69, 9.17) is 5.73 Å². The molecule has 0 aromatic rings. The molecule has 0 fully saturated rings. The van der Waals surface area contributed by atoms with Gasteiger partial charge in [-0.3, -0.25) is 0 Å². The second-order valence-electron chi connectivity index (χ2n) is 3.21. The largest absolute Gasteiger partial charge is 0.325 e. The third kappa shape index (κ3) is 5.36. The lowest BCUT2D eigenvalue weighted by Crippen LogP contribution is -2.46. The maximum absolute atomic E-state index is 12.7. The highest BCUT2D eigenvalue weighted by molar-refractivity contribution is 7.87. The molecule has 0 aliphatic carbocycles. The van der Waals surface area contributed by atoms with E-state index in [1.807, 2.05) is 0 Å². The van der Waals surface area contributed by atoms with Gasteiger partial charge in [-0.1, -0.05) is 6.92 Å². The van der Waals surface area contributed by atoms with Crippen molar-refractivity contribution >= 4 is 10.2 Å². The Morgan fingerprint density at radius 2 is 2.00 bits per heavy atom. The van der Waals surface area contributed by atoms with Crippen molar-refractivity contribution in [3.05, 3.63) is 0 Å². The summed E-state index contributed by atoms with van der Waals surface area (Å²) in [7, 11) is -2.49. The molecular weight excluding hydrogens is 228 g/mol. The Hall–Kier alpha value is -0.310. The number of nitrogens with zero attached hydrogens (tertiary/aromatic N) is 1. The summed E-state index contributed by atoms with van der Waals surface area (Å²) >= 11 is 0. The smallest absolute Gasteiger partial charge is 0.279 e. The second-order valence-corrected chi connectivity index (χ2v) is 5.07. The van der Waals surface area contributed by atoms with Crippen molar-refractivity contribution in [1.82, 2.24) is 9.03 Å². The molecule has 0 saturated carbocycles. The standard InChI is InChI=1S/C7H17F2N3O2S/c1-3-4-12(2)15(13,14)11-6-7(8,9)5-10/h11H,3-6,10H2,1-2H3. The van der Waals surface area contributed by atoms with E-state index in [1.165, 1.54) is 7.05 Å². The van der Waals surface area contributed by atoms with Crippen LogP contribution >= 0.6 is 0 Å². The number of halogens is 2. The summed E-state index contributed by atoms with van der Waals surface area (Å²) in [6, 6.07) is 0. The molecule has 0 aromatic carbocycles. The SMILES string of the molecule is CCCN(C)S(=O)(=O)NCC(F)(F)CN. The van der Waals surface area contributed by atoms with E-state index in [2.05, 4.69) is 0 Å². The normalized spacial score (nSPS) is 13.5. The Balaban J connectivity index is 4.28. The molecule has 8 heteroatoms. The molecule has 0 saturated heterocycles. The molecule has 0 unspecified atom stereocenters. The second kappa shape index (κ2) is 5.69. The summed E-state index contributed by atoms with van der Waals surface area (Å²) in [6.07, 6.45) is 0.616. The minimum atomic E-state index is -3.82. The van der Waals surface area contributed by atoms with Crippen molar-refractivity contribution in [2.24, 2.45) is 5.73 Å². The summed E-state index contributed by atoms with van der Waals surface area (Å²) in [5, 5.41) is 0. The van der Waals surface area contributed by atoms with Crippen LogP contribution in [0.5, 0.6) is 0 Å². The fourth-order valence-electron chi connectivity index (χ4n) is 0.814. The maximum Gasteiger partial charge on any atom is 0.279 e. The lowest BCUT2D eigenvalue weighted by molar-refractivity contribution is 0.0167. The summed E-state index contributed by atoms with van der Waals surface area (Å²) in [6.45, 7) is 0.219. The van der Waals surface area contributed by atoms with E-state index in [1.54, 1.807) is 11.6 Å². The Kier molecular flexibility index (Phi) is 5.57. The van der Waals surface area contributed by atoms with E-state index >= 15 is 0 Å². The average molecular weight is 245 g/mol. The van der Waals surface area contributed by atoms with E-state index in [9.17, 15) is 17.2 Å². The average Bonchev–Trinajstić information content (AvgIpc) is 2.16. The minimum absolute atomic E-state index is 0.281. The van der Waals surface area contributed by atoms with Crippen LogP contribution in [0.15, 0.2) is 0 Å². The van der Waals surface area contributed by atoms with Gasteiger partial charge in [0.05, 0.1) is 13.1 Å². The molecular formula is C7H17F2N3O2S. The third-order valence-corrected chi connectivity index (χ3v) is 3.27. The molecule has 0 aliphatic heterocycles. The Morgan fingerprint density at radius 3 is 2.40 bits per heavy atom. The zero-order valence-electron chi connectivity index (χ0n) is 8.83. The van der Waals surface area contributed by atoms with E-state index in [0.717, 1.165) is 4.31 Å². The van der Waals surface area contributed by atoms with Crippen LogP contribution in [-0.2, 0) is 10.2 Å². The zero-order valence-corrected chi connectivity index (χ0v) is 9.65. The minimum Gasteiger partial charge on any atom is -0.325 e. The van der Waals surface area contributed by atoms with Crippen molar-refractivity contribution < 1.29 is 17.2 Å². The van der Waals surface area contributed by atoms with Crippen LogP contribution in [-0.4, -0.2) is 45.3 Å². The molecule has 0 atom stereocenters. The molecule has 0 aliphatic rings. The van der Waals surface area contributed by atoms with Gasteiger partial charge in [-0.15, -0.1) is 0 Å². The van der Waals surface area contributed by atoms with E-state index < -0.39 is 29.2 Å². The topological polar surface area (TPSA) is 75.4 Å². The molecule has 0 heterocycles. The summed E-state index contributed by atoms with van der Waals surface area (Å²) < 4.78 is 50.8. The lowest BCUT2D eigenvalue weighted by Gasteiger charge is -2.19. The van der Waals surface area contributed by atoms with Crippen LogP contribution < -0.4 is 10.5 Å². The van der Waals surface area contributed by atoms with Gasteiger partial charge in [-0.05, 0) is 6.42 Å². The molecule has 0 rings (SSSR count). The monoisotopic (exact) mass is 245 g/mol. The van der Waals surface area contributed by atoms with Crippen LogP contribution in [0.2, 0.25) is 0 Å². The van der Waals surface area contributed by atoms with Gasteiger partial charge in [0, 0.05) is 13.6 Å². The summed E-state index contributed by atoms with van der Waals surface area (Å²) in [4.78, 5) is 0. The first kappa shape index (κ1) is 14.7. The first-order valence-corrected chi connectivity index (χ1v) is 5.98. The molecule has 0 radical (unpaired) electrons. The van der Waals surface area contributed by atoms with Crippen molar-refractivity contribution in [1.29, 1.82) is 0 Å². The molecule has 0 bridgehead atoms. The lowest BCUT2D eigenvalue weighted by atomic mass is 10.3. The van der Waals surface area contributed by atoms with Gasteiger partial charge < -0.3 is 5.73 Å². The van der Waals surface area contributed by atoms with Crippen molar-refractivity contribution in [2.75, 3.05) is 26.7 Å². The molecule has 15 heavy (non-hydrogen) atoms. The quantitative estimate of drug-likeness (QED) is 0.650. The van der Waals surface area contributed by atoms with Crippen LogP contribution in [0.25, 0.3) is 0 Å². The number of hydrogen-bond donors (Lipinski definition) is 2. The molecule has 0 aromatic heterocycles. The first-order chi connectivity index (χ1) is 6.75. The van der Waals surface area contributed by atoms with Gasteiger partial charge in [0.15, 0.2) is 0 Å². The molecule has 0 amide bonds. The zero-order chi connectivity index (χ0) is 12.1. The van der Waals surface area contributed by atoms with Gasteiger partial charge in [-0.2, -0.15) is 17.4 Å². The summed E-state index contributed by atoms with van der Waals surface area (Å²) in [5.74, 6) is -3.21. The highest BCUT2D eigenvalue weighted by Gasteiger charge is 2.29. The van der Waals surface area contributed by atoms with Gasteiger partial charge in [-0.25, -0.2) is 8.78 Å². The van der Waals surface area contributed by atoms with E-state index in [0.29, 0.717) is 6.42 Å². The van der Waals surface area contributed by atoms with Gasteiger partial charge >= 0.3 is 0 Å². The molecule has 5 nitrogen and oxygen atoms in total. The number of nitrogens with one attached hydrogen (secondary N) is 1. The number of nitrogens with two attached hydrogens (primary N) is 1. The Labute approximate surface area is 88.8 Å². The predicted molar refractivity (Wildman–Crippen MR) is 53.8 cm³/mol. The van der Waals surface area contributed by atoms with Gasteiger partial charge in [0.1, 0.15) is 0 Å². The number of hydrogen-bond acceptors (Lipinski definition) is 3. The van der Waals surface area contributed by atoms with Gasteiger partial charge in [0.25, 0.3) is 16.1 Å². The van der Waals surface area contributed by atoms with Crippen molar-refractivity contribution in [3.8, 4) is 0 Å². The molecule has 3 N–H and O–H groups in total. The van der Waals surface area contributed by atoms with Crippen LogP contribution in [0.3, 0.4) is 0 Å². The fourth-order valence-corrected chi connectivity index (χ4v) is 1.85. The predicted octanol–water partition coefficient (Wildman–Crippen LogP) is -0.243. The fraction of sp³-hybridized carbons (Fsp3) is 1.00. The maximum atomic E-state index is 12.7. The Morgan fingerprint density at radius 1 is 1.47 bits per heavy atom. The molecule has 92 valence electrons. The third-order valence-electron chi connectivity index (χ3n) is 1.76. The van der Waals surface area contributed by atoms with Crippen LogP contribution in [0, 0.1) is 0 Å². The van der Waals surface area contributed by atoms with Crippen molar-refractivity contribution in [2.45, 2.75) is 19.3 Å². The van der Waals surface area contributed by atoms with Crippen molar-refractivity contribution in [3.63, 3.8) is 0 Å². The van der Waals surface area contributed by atoms with Crippen LogP contribution in [0.4, 0.5) is 8.78 Å². The first-order valence-electron chi connectivity index (χ1n) is 4.54. The summed E-state index contributed by atoms with van der Waals surface area (Å²) in [5.41, 5.74) is 4.77. The number of rotatable bonds is 7. The molecule has 0 spiro atoms. The van der Waals surface area contributed by atoms with Gasteiger partial charge in [0.2, 0.25) is 0 Å². The number of alkyl halides is 2. The van der Waals surface area contributed by atoms with Crippen LogP contribution in [0.1, 0.15) is 13.3 Å².